The number of benzene rings is 1. The molecule has 0 radical (unpaired) electrons. The first-order valence-electron chi connectivity index (χ1n) is 13.4. The summed E-state index contributed by atoms with van der Waals surface area (Å²) < 4.78 is 5.21. The first kappa shape index (κ1) is 29.9. The Bertz CT molecular complexity index is 2530. The lowest BCUT2D eigenvalue weighted by molar-refractivity contribution is -0.121. The second-order valence-electron chi connectivity index (χ2n) is 11.1. The van der Waals surface area contributed by atoms with Gasteiger partial charge in [0.1, 0.15) is 22.7 Å². The number of carbonyl (C=O) groups is 1. The van der Waals surface area contributed by atoms with Gasteiger partial charge in [0.15, 0.2) is 11.2 Å². The number of aromatic hydroxyl groups is 1. The van der Waals surface area contributed by atoms with E-state index in [9.17, 15) is 44.1 Å². The van der Waals surface area contributed by atoms with E-state index in [4.69, 9.17) is 4.74 Å². The van der Waals surface area contributed by atoms with Gasteiger partial charge in [0.05, 0.1) is 51.8 Å². The zero-order valence-electron chi connectivity index (χ0n) is 23.8. The van der Waals surface area contributed by atoms with Gasteiger partial charge in [-0.1, -0.05) is 0 Å². The molecule has 0 unspecified atom stereocenters. The molecule has 6 rings (SSSR count). The van der Waals surface area contributed by atoms with E-state index in [0.29, 0.717) is 10.0 Å². The van der Waals surface area contributed by atoms with Crippen molar-refractivity contribution in [3.8, 4) is 11.5 Å². The van der Waals surface area contributed by atoms with Crippen LogP contribution in [0.25, 0.3) is 22.3 Å². The number of hydrogen-bond donors (Lipinski definition) is 5. The van der Waals surface area contributed by atoms with Gasteiger partial charge in [0, 0.05) is 21.5 Å². The van der Waals surface area contributed by atoms with Crippen molar-refractivity contribution in [1.82, 2.24) is 15.3 Å². The third kappa shape index (κ3) is 4.00. The van der Waals surface area contributed by atoms with Crippen molar-refractivity contribution in [2.45, 2.75) is 18.3 Å². The van der Waals surface area contributed by atoms with Crippen LogP contribution in [0, 0.1) is 10.4 Å². The molecule has 5 N–H and O–H groups in total. The van der Waals surface area contributed by atoms with Gasteiger partial charge in [0.25, 0.3) is 11.5 Å². The average molecular weight is 679 g/mol. The van der Waals surface area contributed by atoms with Crippen LogP contribution in [0.2, 0.25) is 0 Å². The first-order valence-corrected chi connectivity index (χ1v) is 14.2. The Labute approximate surface area is 258 Å². The number of rotatable bonds is 5. The van der Waals surface area contributed by atoms with E-state index < -0.39 is 82.5 Å². The van der Waals surface area contributed by atoms with Crippen molar-refractivity contribution < 1.29 is 24.9 Å². The fraction of sp³-hybridized carbons (Fsp3) is 0.233. The zero-order valence-corrected chi connectivity index (χ0v) is 25.4. The number of methoxy groups -OCH3 is 1. The van der Waals surface area contributed by atoms with Crippen molar-refractivity contribution in [2.24, 2.45) is 5.10 Å². The van der Waals surface area contributed by atoms with Crippen LogP contribution in [-0.2, 0) is 16.6 Å². The van der Waals surface area contributed by atoms with Gasteiger partial charge in [-0.15, -0.1) is 0 Å². The number of phenols is 1. The smallest absolute Gasteiger partial charge is 0.260 e. The number of nitrogens with one attached hydrogen (secondary N) is 2. The van der Waals surface area contributed by atoms with Crippen LogP contribution in [0.3, 0.4) is 0 Å². The minimum Gasteiger partial charge on any atom is -0.510 e. The van der Waals surface area contributed by atoms with Crippen molar-refractivity contribution in [1.29, 1.82) is 0 Å². The van der Waals surface area contributed by atoms with Gasteiger partial charge in [-0.3, -0.25) is 28.8 Å². The molecule has 2 aromatic rings. The molecule has 1 aromatic heterocycles. The minimum absolute atomic E-state index is 0.0818. The van der Waals surface area contributed by atoms with Gasteiger partial charge in [-0.25, -0.2) is 5.43 Å². The molecule has 0 saturated heterocycles. The number of aliphatic hydroxyl groups excluding tert-OH is 2. The number of aromatic amines is 1. The van der Waals surface area contributed by atoms with E-state index >= 15 is 0 Å². The number of phenolic OH excluding ortho intramolecular Hbond substituents is 1. The fourth-order valence-electron chi connectivity index (χ4n) is 6.38. The highest BCUT2D eigenvalue weighted by Crippen LogP contribution is 2.56. The molecule has 4 aliphatic rings. The largest absolute Gasteiger partial charge is 0.510 e. The molecule has 1 aromatic carbocycles. The van der Waals surface area contributed by atoms with E-state index in [-0.39, 0.29) is 41.4 Å². The number of H-pyrrole nitrogens is 1. The second-order valence-corrected chi connectivity index (χ2v) is 11.8. The molecule has 0 saturated carbocycles. The summed E-state index contributed by atoms with van der Waals surface area (Å²) in [6.07, 6.45) is 1.15. The van der Waals surface area contributed by atoms with E-state index in [2.05, 4.69) is 31.4 Å². The molecule has 1 heterocycles. The summed E-state index contributed by atoms with van der Waals surface area (Å²) in [6, 6.07) is 2.26. The number of ether oxygens (including phenoxy) is 1. The summed E-state index contributed by atoms with van der Waals surface area (Å²) in [5.74, 6) is -3.09. The molecule has 14 nitrogen and oxygen atoms in total. The molecule has 0 fully saturated rings. The maximum atomic E-state index is 13.7. The third-order valence-electron chi connectivity index (χ3n) is 8.23. The van der Waals surface area contributed by atoms with E-state index in [0.717, 1.165) is 13.2 Å². The Morgan fingerprint density at radius 3 is 2.31 bits per heavy atom. The highest BCUT2D eigenvalue weighted by molar-refractivity contribution is 9.10. The van der Waals surface area contributed by atoms with Gasteiger partial charge in [0.2, 0.25) is 16.3 Å². The number of aromatic nitrogens is 1. The first-order chi connectivity index (χ1) is 21.3. The van der Waals surface area contributed by atoms with Crippen LogP contribution in [0.15, 0.2) is 45.7 Å². The Balaban J connectivity index is 1.62. The van der Waals surface area contributed by atoms with E-state index in [1.165, 1.54) is 12.3 Å². The van der Waals surface area contributed by atoms with Gasteiger partial charge in [-0.2, -0.15) is 5.10 Å². The lowest BCUT2D eigenvalue weighted by Gasteiger charge is -2.27. The number of pyridine rings is 1. The Kier molecular flexibility index (Phi) is 6.78. The van der Waals surface area contributed by atoms with Crippen molar-refractivity contribution in [3.05, 3.63) is 106 Å². The topological polar surface area (TPSA) is 216 Å². The summed E-state index contributed by atoms with van der Waals surface area (Å²) in [6.45, 7) is 0.0818. The molecule has 0 aliphatic heterocycles. The molecule has 45 heavy (non-hydrogen) atoms. The van der Waals surface area contributed by atoms with Crippen molar-refractivity contribution in [2.75, 3.05) is 27.7 Å². The summed E-state index contributed by atoms with van der Waals surface area (Å²) in [5, 5.41) is 35.7. The maximum Gasteiger partial charge on any atom is 0.260 e. The Hall–Kier alpha value is -5.15. The van der Waals surface area contributed by atoms with Crippen molar-refractivity contribution in [3.63, 3.8) is 0 Å². The fourth-order valence-corrected chi connectivity index (χ4v) is 7.09. The van der Waals surface area contributed by atoms with Crippen LogP contribution in [0.4, 0.5) is 0 Å². The Morgan fingerprint density at radius 1 is 1.04 bits per heavy atom. The number of aliphatic hydroxyl groups is 2. The average Bonchev–Trinajstić information content (AvgIpc) is 3.48. The normalized spacial score (nSPS) is 17.3. The summed E-state index contributed by atoms with van der Waals surface area (Å²) in [7, 11) is 4.52. The van der Waals surface area contributed by atoms with Gasteiger partial charge >= 0.3 is 0 Å². The SMILES string of the molecule is COc1cc(=O)c2c(=O)c3c(c(=O)c=2c1=O)=C(O)[C@]1(CCc2c1c(O)c1c(=O)[nH]c(C=NNC(=O)CN(C)C)cc1c2Br)C=3O. The minimum atomic E-state index is -2.03. The third-order valence-corrected chi connectivity index (χ3v) is 9.14. The van der Waals surface area contributed by atoms with Crippen LogP contribution in [-0.4, -0.2) is 65.1 Å². The number of hydrazone groups is 1. The predicted molar refractivity (Wildman–Crippen MR) is 165 cm³/mol. The molecule has 1 amide bonds. The van der Waals surface area contributed by atoms with Crippen molar-refractivity contribution >= 4 is 50.3 Å². The zero-order chi connectivity index (χ0) is 32.7. The van der Waals surface area contributed by atoms with E-state index in [1.54, 1.807) is 19.0 Å². The molecule has 0 bridgehead atoms. The van der Waals surface area contributed by atoms with Crippen LogP contribution in [0.5, 0.6) is 11.5 Å². The molecule has 4 aliphatic carbocycles. The van der Waals surface area contributed by atoms with Gasteiger partial charge < -0.3 is 29.9 Å². The molecular weight excluding hydrogens is 656 g/mol. The lowest BCUT2D eigenvalue weighted by Crippen LogP contribution is -2.51. The standard InChI is InChI=1S/C30H23BrN4O10/c1-35(2)9-15(37)34-32-8-10-6-12-16(29(44)33-10)26(41)21-11(22(12)31)4-5-30(21)27(42)19-20(28(30)43)25(40)18-17(24(19)39)13(36)7-14(45-3)23(18)38/h6-8,41-43H,4-5,9H2,1-3H3,(H,33,44)(H,34,37)/t30-/m0/s1. The molecule has 230 valence electrons. The molecular formula is C30H23BrN4O10. The summed E-state index contributed by atoms with van der Waals surface area (Å²) in [4.78, 5) is 82.4. The monoisotopic (exact) mass is 678 g/mol. The Morgan fingerprint density at radius 2 is 1.69 bits per heavy atom. The lowest BCUT2D eigenvalue weighted by atomic mass is 9.78. The predicted octanol–water partition coefficient (Wildman–Crippen LogP) is -1.71. The molecule has 1 atom stereocenters. The number of hydrogen-bond acceptors (Lipinski definition) is 12. The van der Waals surface area contributed by atoms with E-state index in [1.807, 2.05) is 0 Å². The molecule has 15 heteroatoms. The highest BCUT2D eigenvalue weighted by Gasteiger charge is 2.53. The van der Waals surface area contributed by atoms with Crippen LogP contribution in [0.1, 0.15) is 23.2 Å². The number of carbonyl (C=O) groups excluding carboxylic acids is 1. The van der Waals surface area contributed by atoms with Gasteiger partial charge in [-0.05, 0) is 54.5 Å². The summed E-state index contributed by atoms with van der Waals surface area (Å²) >= 11 is 3.47. The second kappa shape index (κ2) is 10.2. The summed E-state index contributed by atoms with van der Waals surface area (Å²) in [5.41, 5.74) is -4.39. The molecule has 1 spiro atoms. The van der Waals surface area contributed by atoms with Crippen LogP contribution < -0.4 is 47.9 Å². The maximum absolute atomic E-state index is 13.7. The number of halogens is 1. The van der Waals surface area contributed by atoms with Crippen LogP contribution >= 0.6 is 15.9 Å². The number of nitrogens with zero attached hydrogens (tertiary/aromatic N) is 2. The highest BCUT2D eigenvalue weighted by atomic mass is 79.9. The quantitative estimate of drug-likeness (QED) is 0.118. The number of fused-ring (bicyclic) bond motifs is 4. The number of likely N-dealkylation sites (N-methyl/N-ethyl adjacent to an activating group) is 1. The number of amides is 1.